The van der Waals surface area contributed by atoms with Crippen LogP contribution in [0, 0.1) is 5.92 Å². The molecule has 6 nitrogen and oxygen atoms in total. The number of fused-ring (bicyclic) bond motifs is 1. The van der Waals surface area contributed by atoms with E-state index < -0.39 is 44.0 Å². The molecule has 2 aromatic carbocycles. The van der Waals surface area contributed by atoms with Crippen molar-refractivity contribution in [1.29, 1.82) is 0 Å². The Balaban J connectivity index is 1.61. The number of hydrogen-bond acceptors (Lipinski definition) is 5. The quantitative estimate of drug-likeness (QED) is 0.276. The average Bonchev–Trinajstić information content (AvgIpc) is 3.27. The molecule has 0 saturated carbocycles. The average molecular weight is 615 g/mol. The van der Waals surface area contributed by atoms with Crippen LogP contribution in [0.15, 0.2) is 72.8 Å². The van der Waals surface area contributed by atoms with Crippen molar-refractivity contribution in [2.45, 2.75) is 83.8 Å². The lowest BCUT2D eigenvalue weighted by Gasteiger charge is -2.43. The van der Waals surface area contributed by atoms with Crippen molar-refractivity contribution in [3.8, 4) is 5.88 Å². The third kappa shape index (κ3) is 7.24. The Morgan fingerprint density at radius 2 is 1.49 bits per heavy atom. The minimum absolute atomic E-state index is 0.138. The van der Waals surface area contributed by atoms with Gasteiger partial charge in [0.2, 0.25) is 5.88 Å². The number of hydrogen-bond donors (Lipinski definition) is 1. The summed E-state index contributed by atoms with van der Waals surface area (Å²) in [5.74, 6) is -0.359. The van der Waals surface area contributed by atoms with Gasteiger partial charge in [-0.3, -0.25) is 0 Å². The van der Waals surface area contributed by atoms with Gasteiger partial charge in [0, 0.05) is 12.2 Å². The number of halogens is 3. The summed E-state index contributed by atoms with van der Waals surface area (Å²) in [5, 5.41) is 4.92. The monoisotopic (exact) mass is 614 g/mol. The molecule has 4 rings (SSSR count). The number of alkyl carbamates (subject to hydrolysis) is 1. The highest BCUT2D eigenvalue weighted by molar-refractivity contribution is 6.99. The molecule has 0 spiro atoms. The Kier molecular flexibility index (Phi) is 9.32. The largest absolute Gasteiger partial charge is 0.471 e. The maximum Gasteiger partial charge on any atom is 0.433 e. The molecule has 10 heteroatoms. The minimum Gasteiger partial charge on any atom is -0.471 e. The minimum atomic E-state index is -4.63. The van der Waals surface area contributed by atoms with Crippen LogP contribution in [0.5, 0.6) is 5.88 Å². The van der Waals surface area contributed by atoms with Crippen LogP contribution in [-0.2, 0) is 15.3 Å². The number of pyridine rings is 1. The van der Waals surface area contributed by atoms with Crippen molar-refractivity contribution in [2.24, 2.45) is 5.92 Å². The summed E-state index contributed by atoms with van der Waals surface area (Å²) in [6, 6.07) is 22.0. The second-order valence-electron chi connectivity index (χ2n) is 13.1. The zero-order valence-corrected chi connectivity index (χ0v) is 26.8. The van der Waals surface area contributed by atoms with Gasteiger partial charge in [0.25, 0.3) is 8.32 Å². The number of nitrogens with one attached hydrogen (secondary N) is 1. The summed E-state index contributed by atoms with van der Waals surface area (Å²) in [5.41, 5.74) is -1.43. The van der Waals surface area contributed by atoms with Gasteiger partial charge >= 0.3 is 12.3 Å². The Bertz CT molecular complexity index is 1350. The van der Waals surface area contributed by atoms with Crippen LogP contribution in [0.2, 0.25) is 5.04 Å². The number of rotatable bonds is 8. The first-order chi connectivity index (χ1) is 20.0. The van der Waals surface area contributed by atoms with Crippen molar-refractivity contribution >= 4 is 24.8 Å². The van der Waals surface area contributed by atoms with E-state index in [1.165, 1.54) is 6.07 Å². The highest BCUT2D eigenvalue weighted by Gasteiger charge is 2.50. The lowest BCUT2D eigenvalue weighted by atomic mass is 9.93. The Morgan fingerprint density at radius 3 is 1.98 bits per heavy atom. The topological polar surface area (TPSA) is 69.7 Å². The van der Waals surface area contributed by atoms with E-state index in [1.807, 2.05) is 43.3 Å². The van der Waals surface area contributed by atoms with E-state index in [-0.39, 0.29) is 16.8 Å². The number of ether oxygens (including phenoxy) is 2. The summed E-state index contributed by atoms with van der Waals surface area (Å²) >= 11 is 0. The molecule has 1 aromatic heterocycles. The number of benzene rings is 2. The molecule has 0 aliphatic carbocycles. The fraction of sp³-hybridized carbons (Fsp3) is 0.455. The summed E-state index contributed by atoms with van der Waals surface area (Å²) < 4.78 is 58.8. The maximum atomic E-state index is 13.4. The molecule has 0 unspecified atom stereocenters. The Hall–Kier alpha value is -3.37. The van der Waals surface area contributed by atoms with E-state index in [1.54, 1.807) is 20.8 Å². The number of carbonyl (C=O) groups excluding carboxylic acids is 1. The van der Waals surface area contributed by atoms with Crippen LogP contribution in [0.25, 0.3) is 0 Å². The Labute approximate surface area is 253 Å². The molecule has 0 radical (unpaired) electrons. The molecule has 1 aliphatic heterocycles. The summed E-state index contributed by atoms with van der Waals surface area (Å²) in [4.78, 5) is 16.5. The van der Waals surface area contributed by atoms with Crippen LogP contribution in [0.4, 0.5) is 18.0 Å². The normalized spacial score (nSPS) is 18.0. The smallest absolute Gasteiger partial charge is 0.433 e. The first kappa shape index (κ1) is 32.5. The molecule has 1 aliphatic rings. The fourth-order valence-electron chi connectivity index (χ4n) is 5.68. The van der Waals surface area contributed by atoms with Crippen LogP contribution in [0.1, 0.15) is 72.2 Å². The van der Waals surface area contributed by atoms with Crippen molar-refractivity contribution in [3.63, 3.8) is 0 Å². The molecular formula is C33H41F3N2O4Si. The summed E-state index contributed by atoms with van der Waals surface area (Å²) in [7, 11) is -2.79. The molecule has 0 fully saturated rings. The van der Waals surface area contributed by atoms with E-state index in [2.05, 4.69) is 55.3 Å². The van der Waals surface area contributed by atoms with E-state index >= 15 is 0 Å². The van der Waals surface area contributed by atoms with Gasteiger partial charge in [-0.2, -0.15) is 13.2 Å². The number of aromatic nitrogens is 1. The number of alkyl halides is 3. The SMILES string of the molecule is C[C@H](CCO[Si](c1ccccc1)(c1ccccc1)C(C)(C)C)[C@H]1Oc2nc(C(F)(F)F)ccc2[C@H]1NC(=O)OC(C)(C)C. The van der Waals surface area contributed by atoms with Crippen molar-refractivity contribution in [2.75, 3.05) is 6.61 Å². The predicted molar refractivity (Wildman–Crippen MR) is 163 cm³/mol. The number of nitrogens with zero attached hydrogens (tertiary/aromatic N) is 1. The first-order valence-electron chi connectivity index (χ1n) is 14.5. The highest BCUT2D eigenvalue weighted by atomic mass is 28.4. The van der Waals surface area contributed by atoms with Crippen LogP contribution < -0.4 is 20.4 Å². The van der Waals surface area contributed by atoms with E-state index in [0.29, 0.717) is 18.6 Å². The van der Waals surface area contributed by atoms with Gasteiger partial charge in [-0.15, -0.1) is 0 Å². The molecule has 2 heterocycles. The van der Waals surface area contributed by atoms with Gasteiger partial charge in [0.1, 0.15) is 17.4 Å². The van der Waals surface area contributed by atoms with Crippen molar-refractivity contribution in [1.82, 2.24) is 10.3 Å². The van der Waals surface area contributed by atoms with Gasteiger partial charge in [-0.25, -0.2) is 9.78 Å². The molecular weight excluding hydrogens is 573 g/mol. The van der Waals surface area contributed by atoms with Gasteiger partial charge in [-0.05, 0) is 60.7 Å². The lowest BCUT2D eigenvalue weighted by molar-refractivity contribution is -0.141. The van der Waals surface area contributed by atoms with Gasteiger partial charge in [0.15, 0.2) is 0 Å². The molecule has 232 valence electrons. The maximum absolute atomic E-state index is 13.4. The standard InChI is InChI=1S/C33H41F3N2O4Si/c1-22(20-21-40-43(32(5,6)7,23-14-10-8-11-15-23)24-16-12-9-13-17-24)28-27(38-30(39)42-31(2,3)4)25-18-19-26(33(34,35)36)37-29(25)41-28/h8-19,22,27-28H,20-21H2,1-7H3,(H,38,39)/t22-,27-,28-/m1/s1. The molecule has 1 amide bonds. The molecule has 3 aromatic rings. The summed E-state index contributed by atoms with van der Waals surface area (Å²) in [6.07, 6.45) is -5.46. The van der Waals surface area contributed by atoms with E-state index in [4.69, 9.17) is 13.9 Å². The number of carbonyl (C=O) groups is 1. The Morgan fingerprint density at radius 1 is 0.930 bits per heavy atom. The van der Waals surface area contributed by atoms with Crippen LogP contribution in [0.3, 0.4) is 0 Å². The van der Waals surface area contributed by atoms with Crippen molar-refractivity contribution < 1.29 is 31.9 Å². The van der Waals surface area contributed by atoms with Gasteiger partial charge in [0.05, 0.1) is 6.04 Å². The third-order valence-electron chi connectivity index (χ3n) is 7.63. The number of amides is 1. The zero-order chi connectivity index (χ0) is 31.6. The predicted octanol–water partition coefficient (Wildman–Crippen LogP) is 7.03. The lowest BCUT2D eigenvalue weighted by Crippen LogP contribution is -2.66. The zero-order valence-electron chi connectivity index (χ0n) is 25.8. The van der Waals surface area contributed by atoms with Crippen LogP contribution >= 0.6 is 0 Å². The molecule has 43 heavy (non-hydrogen) atoms. The first-order valence-corrected chi connectivity index (χ1v) is 16.4. The van der Waals surface area contributed by atoms with E-state index in [9.17, 15) is 18.0 Å². The van der Waals surface area contributed by atoms with E-state index in [0.717, 1.165) is 16.4 Å². The van der Waals surface area contributed by atoms with Crippen molar-refractivity contribution in [3.05, 3.63) is 84.1 Å². The molecule has 1 N–H and O–H groups in total. The van der Waals surface area contributed by atoms with Gasteiger partial charge in [-0.1, -0.05) is 88.4 Å². The third-order valence-corrected chi connectivity index (χ3v) is 12.7. The molecule has 3 atom stereocenters. The fourth-order valence-corrected chi connectivity index (χ4v) is 10.3. The highest BCUT2D eigenvalue weighted by Crippen LogP contribution is 2.42. The second kappa shape index (κ2) is 12.3. The summed E-state index contributed by atoms with van der Waals surface area (Å²) in [6.45, 7) is 14.1. The molecule has 0 bridgehead atoms. The second-order valence-corrected chi connectivity index (χ2v) is 17.4. The van der Waals surface area contributed by atoms with Gasteiger partial charge < -0.3 is 19.2 Å². The molecule has 0 saturated heterocycles. The van der Waals surface area contributed by atoms with Crippen LogP contribution in [-0.4, -0.2) is 37.7 Å².